The zero-order valence-electron chi connectivity index (χ0n) is 10.9. The van der Waals surface area contributed by atoms with E-state index in [-0.39, 0.29) is 11.8 Å². The number of hydrogen-bond acceptors (Lipinski definition) is 1. The summed E-state index contributed by atoms with van der Waals surface area (Å²) in [6.45, 7) is 3.85. The van der Waals surface area contributed by atoms with Crippen molar-refractivity contribution in [2.24, 2.45) is 0 Å². The van der Waals surface area contributed by atoms with Crippen LogP contribution in [0, 0.1) is 0 Å². The lowest BCUT2D eigenvalue weighted by Crippen LogP contribution is -2.38. The topological polar surface area (TPSA) is 20.3 Å². The Bertz CT molecular complexity index is 393. The molecule has 0 spiro atoms. The summed E-state index contributed by atoms with van der Waals surface area (Å²) in [4.78, 5) is 13.4. The molecule has 18 heavy (non-hydrogen) atoms. The van der Waals surface area contributed by atoms with Gasteiger partial charge in [0.15, 0.2) is 0 Å². The normalized spacial score (nSPS) is 16.9. The Kier molecular flexibility index (Phi) is 4.65. The molecule has 1 fully saturated rings. The minimum Gasteiger partial charge on any atom is -0.342 e. The first-order valence-corrected chi connectivity index (χ1v) is 7.20. The molecule has 0 bridgehead atoms. The Labute approximate surface area is 114 Å². The summed E-state index contributed by atoms with van der Waals surface area (Å²) in [5, 5.41) is 0. The van der Waals surface area contributed by atoms with Crippen LogP contribution in [-0.4, -0.2) is 29.8 Å². The Morgan fingerprint density at radius 1 is 1.28 bits per heavy atom. The fraction of sp³-hybridized carbons (Fsp3) is 0.533. The predicted octanol–water partition coefficient (Wildman–Crippen LogP) is 3.19. The van der Waals surface area contributed by atoms with Crippen LogP contribution in [0.4, 0.5) is 0 Å². The molecule has 1 heterocycles. The number of piperidine rings is 1. The van der Waals surface area contributed by atoms with Crippen molar-refractivity contribution in [3.8, 4) is 0 Å². The van der Waals surface area contributed by atoms with Crippen molar-refractivity contribution >= 4 is 17.5 Å². The SMILES string of the molecule is CCc1ccc(C2CCN(C(=O)CCl)CC2)cc1. The number of rotatable bonds is 3. The molecular weight excluding hydrogens is 246 g/mol. The summed E-state index contributed by atoms with van der Waals surface area (Å²) in [6, 6.07) is 8.91. The Balaban J connectivity index is 1.94. The van der Waals surface area contributed by atoms with Crippen molar-refractivity contribution in [3.63, 3.8) is 0 Å². The molecule has 2 rings (SSSR count). The minimum atomic E-state index is 0.0662. The van der Waals surface area contributed by atoms with Crippen LogP contribution < -0.4 is 0 Å². The molecule has 1 aliphatic rings. The van der Waals surface area contributed by atoms with Gasteiger partial charge in [0.05, 0.1) is 0 Å². The number of halogens is 1. The highest BCUT2D eigenvalue weighted by atomic mass is 35.5. The van der Waals surface area contributed by atoms with Gasteiger partial charge in [-0.1, -0.05) is 31.2 Å². The smallest absolute Gasteiger partial charge is 0.237 e. The summed E-state index contributed by atoms with van der Waals surface area (Å²) in [5.74, 6) is 0.766. The first-order valence-electron chi connectivity index (χ1n) is 6.67. The van der Waals surface area contributed by atoms with Crippen LogP contribution in [0.5, 0.6) is 0 Å². The molecule has 1 amide bonds. The van der Waals surface area contributed by atoms with Crippen LogP contribution in [-0.2, 0) is 11.2 Å². The van der Waals surface area contributed by atoms with Crippen LogP contribution in [0.3, 0.4) is 0 Å². The van der Waals surface area contributed by atoms with Gasteiger partial charge < -0.3 is 4.90 Å². The van der Waals surface area contributed by atoms with Crippen molar-refractivity contribution in [2.75, 3.05) is 19.0 Å². The zero-order valence-corrected chi connectivity index (χ0v) is 11.6. The van der Waals surface area contributed by atoms with Crippen LogP contribution in [0.2, 0.25) is 0 Å². The average molecular weight is 266 g/mol. The monoisotopic (exact) mass is 265 g/mol. The second-order valence-electron chi connectivity index (χ2n) is 4.88. The van der Waals surface area contributed by atoms with E-state index < -0.39 is 0 Å². The van der Waals surface area contributed by atoms with E-state index in [2.05, 4.69) is 31.2 Å². The van der Waals surface area contributed by atoms with E-state index >= 15 is 0 Å². The van der Waals surface area contributed by atoms with Gasteiger partial charge in [-0.05, 0) is 36.3 Å². The molecule has 2 nitrogen and oxygen atoms in total. The van der Waals surface area contributed by atoms with Gasteiger partial charge in [0.2, 0.25) is 5.91 Å². The number of likely N-dealkylation sites (tertiary alicyclic amines) is 1. The molecule has 1 aromatic carbocycles. The van der Waals surface area contributed by atoms with Gasteiger partial charge >= 0.3 is 0 Å². The lowest BCUT2D eigenvalue weighted by atomic mass is 9.89. The highest BCUT2D eigenvalue weighted by molar-refractivity contribution is 6.27. The van der Waals surface area contributed by atoms with Gasteiger partial charge in [-0.25, -0.2) is 0 Å². The van der Waals surface area contributed by atoms with Crippen LogP contribution in [0.25, 0.3) is 0 Å². The van der Waals surface area contributed by atoms with E-state index in [4.69, 9.17) is 11.6 Å². The van der Waals surface area contributed by atoms with Gasteiger partial charge in [-0.2, -0.15) is 0 Å². The van der Waals surface area contributed by atoms with Crippen molar-refractivity contribution < 1.29 is 4.79 Å². The van der Waals surface area contributed by atoms with Gasteiger partial charge in [0.25, 0.3) is 0 Å². The molecule has 3 heteroatoms. The molecule has 0 aromatic heterocycles. The second-order valence-corrected chi connectivity index (χ2v) is 5.15. The van der Waals surface area contributed by atoms with Gasteiger partial charge in [0.1, 0.15) is 5.88 Å². The zero-order chi connectivity index (χ0) is 13.0. The fourth-order valence-electron chi connectivity index (χ4n) is 2.57. The van der Waals surface area contributed by atoms with Crippen molar-refractivity contribution in [3.05, 3.63) is 35.4 Å². The number of amides is 1. The largest absolute Gasteiger partial charge is 0.342 e. The quantitative estimate of drug-likeness (QED) is 0.769. The Morgan fingerprint density at radius 2 is 1.89 bits per heavy atom. The number of carbonyl (C=O) groups excluding carboxylic acids is 1. The maximum absolute atomic E-state index is 11.5. The second kappa shape index (κ2) is 6.24. The first kappa shape index (κ1) is 13.4. The summed E-state index contributed by atoms with van der Waals surface area (Å²) < 4.78 is 0. The molecule has 98 valence electrons. The Morgan fingerprint density at radius 3 is 2.39 bits per heavy atom. The van der Waals surface area contributed by atoms with E-state index in [0.717, 1.165) is 32.4 Å². The summed E-state index contributed by atoms with van der Waals surface area (Å²) in [7, 11) is 0. The molecule has 0 saturated carbocycles. The van der Waals surface area contributed by atoms with E-state index in [0.29, 0.717) is 5.92 Å². The van der Waals surface area contributed by atoms with Gasteiger partial charge in [-0.15, -0.1) is 11.6 Å². The van der Waals surface area contributed by atoms with Gasteiger partial charge in [-0.3, -0.25) is 4.79 Å². The number of carbonyl (C=O) groups is 1. The molecule has 0 aliphatic carbocycles. The lowest BCUT2D eigenvalue weighted by molar-refractivity contribution is -0.129. The Hall–Kier alpha value is -1.02. The van der Waals surface area contributed by atoms with E-state index in [1.54, 1.807) is 0 Å². The van der Waals surface area contributed by atoms with Crippen molar-refractivity contribution in [1.82, 2.24) is 4.90 Å². The maximum atomic E-state index is 11.5. The fourth-order valence-corrected chi connectivity index (χ4v) is 2.74. The predicted molar refractivity (Wildman–Crippen MR) is 75.1 cm³/mol. The molecule has 0 radical (unpaired) electrons. The number of nitrogens with zero attached hydrogens (tertiary/aromatic N) is 1. The number of alkyl halides is 1. The van der Waals surface area contributed by atoms with Crippen LogP contribution >= 0.6 is 11.6 Å². The molecular formula is C15H20ClNO. The molecule has 0 atom stereocenters. The molecule has 0 N–H and O–H groups in total. The van der Waals surface area contributed by atoms with Crippen LogP contribution in [0.1, 0.15) is 36.8 Å². The summed E-state index contributed by atoms with van der Waals surface area (Å²) in [5.41, 5.74) is 2.79. The maximum Gasteiger partial charge on any atom is 0.237 e. The molecule has 1 aromatic rings. The van der Waals surface area contributed by atoms with E-state index in [1.165, 1.54) is 11.1 Å². The summed E-state index contributed by atoms with van der Waals surface area (Å²) >= 11 is 5.58. The highest BCUT2D eigenvalue weighted by Gasteiger charge is 2.22. The number of aryl methyl sites for hydroxylation is 1. The lowest BCUT2D eigenvalue weighted by Gasteiger charge is -2.32. The molecule has 1 saturated heterocycles. The third-order valence-electron chi connectivity index (χ3n) is 3.82. The molecule has 1 aliphatic heterocycles. The number of benzene rings is 1. The third-order valence-corrected chi connectivity index (χ3v) is 4.05. The third kappa shape index (κ3) is 3.05. The number of hydrogen-bond donors (Lipinski definition) is 0. The molecule has 0 unspecified atom stereocenters. The minimum absolute atomic E-state index is 0.0662. The highest BCUT2D eigenvalue weighted by Crippen LogP contribution is 2.28. The standard InChI is InChI=1S/C15H20ClNO/c1-2-12-3-5-13(6-4-12)14-7-9-17(10-8-14)15(18)11-16/h3-6,14H,2,7-11H2,1H3. The van der Waals surface area contributed by atoms with E-state index in [1.807, 2.05) is 4.90 Å². The van der Waals surface area contributed by atoms with Crippen molar-refractivity contribution in [1.29, 1.82) is 0 Å². The first-order chi connectivity index (χ1) is 8.74. The van der Waals surface area contributed by atoms with Crippen molar-refractivity contribution in [2.45, 2.75) is 32.1 Å². The summed E-state index contributed by atoms with van der Waals surface area (Å²) in [6.07, 6.45) is 3.19. The van der Waals surface area contributed by atoms with Gasteiger partial charge in [0, 0.05) is 13.1 Å². The average Bonchev–Trinajstić information content (AvgIpc) is 2.47. The van der Waals surface area contributed by atoms with E-state index in [9.17, 15) is 4.79 Å². The van der Waals surface area contributed by atoms with Crippen LogP contribution in [0.15, 0.2) is 24.3 Å².